The normalized spacial score (nSPS) is 16.4. The molecule has 1 aliphatic rings. The zero-order chi connectivity index (χ0) is 13.9. The predicted molar refractivity (Wildman–Crippen MR) is 67.9 cm³/mol. The number of amides is 1. The summed E-state index contributed by atoms with van der Waals surface area (Å²) >= 11 is 0. The van der Waals surface area contributed by atoms with Gasteiger partial charge in [-0.3, -0.25) is 9.52 Å². The lowest BCUT2D eigenvalue weighted by Crippen LogP contribution is -2.47. The van der Waals surface area contributed by atoms with Crippen LogP contribution in [0.2, 0.25) is 0 Å². The quantitative estimate of drug-likeness (QED) is 0.668. The van der Waals surface area contributed by atoms with Gasteiger partial charge in [0.05, 0.1) is 12.5 Å². The molecule has 0 bridgehead atoms. The molecule has 1 aromatic heterocycles. The first kappa shape index (κ1) is 13.7. The number of hydrogen-bond donors (Lipinski definition) is 2. The topological polar surface area (TPSA) is 109 Å². The van der Waals surface area contributed by atoms with Gasteiger partial charge in [0.2, 0.25) is 15.9 Å². The zero-order valence-electron chi connectivity index (χ0n) is 10.5. The van der Waals surface area contributed by atoms with E-state index < -0.39 is 10.0 Å². The second-order valence-electron chi connectivity index (χ2n) is 4.31. The van der Waals surface area contributed by atoms with Crippen LogP contribution in [-0.2, 0) is 21.4 Å². The van der Waals surface area contributed by atoms with E-state index in [0.29, 0.717) is 13.1 Å². The van der Waals surface area contributed by atoms with Crippen molar-refractivity contribution in [1.29, 1.82) is 0 Å². The van der Waals surface area contributed by atoms with Crippen LogP contribution >= 0.6 is 0 Å². The molecule has 0 unspecified atom stereocenters. The maximum atomic E-state index is 11.9. The maximum Gasteiger partial charge on any atom is 0.244 e. The van der Waals surface area contributed by atoms with Gasteiger partial charge in [0.1, 0.15) is 6.54 Å². The highest BCUT2D eigenvalue weighted by atomic mass is 32.2. The fraction of sp³-hybridized carbons (Fsp3) is 0.667. The van der Waals surface area contributed by atoms with Gasteiger partial charge in [-0.1, -0.05) is 5.21 Å². The molecule has 2 rings (SSSR count). The monoisotopic (exact) mass is 288 g/mol. The number of nitrogens with zero attached hydrogens (tertiary/aromatic N) is 4. The Kier molecular flexibility index (Phi) is 4.00. The molecule has 1 aliphatic heterocycles. The Morgan fingerprint density at radius 2 is 2.16 bits per heavy atom. The van der Waals surface area contributed by atoms with Crippen molar-refractivity contribution >= 4 is 21.7 Å². The van der Waals surface area contributed by atoms with E-state index in [1.807, 2.05) is 0 Å². The fourth-order valence-electron chi connectivity index (χ4n) is 1.77. The van der Waals surface area contributed by atoms with Gasteiger partial charge in [-0.25, -0.2) is 13.1 Å². The van der Waals surface area contributed by atoms with E-state index in [-0.39, 0.29) is 18.3 Å². The molecule has 19 heavy (non-hydrogen) atoms. The summed E-state index contributed by atoms with van der Waals surface area (Å²) in [5, 5.41) is 10.5. The van der Waals surface area contributed by atoms with Crippen LogP contribution in [0.25, 0.3) is 0 Å². The first-order valence-corrected chi connectivity index (χ1v) is 7.69. The van der Waals surface area contributed by atoms with Gasteiger partial charge in [0.25, 0.3) is 0 Å². The third-order valence-electron chi connectivity index (χ3n) is 2.60. The Balaban J connectivity index is 1.94. The molecule has 1 saturated heterocycles. The van der Waals surface area contributed by atoms with Crippen LogP contribution in [0.4, 0.5) is 5.82 Å². The van der Waals surface area contributed by atoms with Crippen LogP contribution in [0.15, 0.2) is 6.20 Å². The molecule has 2 N–H and O–H groups in total. The molecule has 0 aliphatic carbocycles. The average Bonchev–Trinajstić information content (AvgIpc) is 2.75. The van der Waals surface area contributed by atoms with E-state index in [1.165, 1.54) is 10.9 Å². The number of sulfonamides is 1. The van der Waals surface area contributed by atoms with Crippen LogP contribution in [-0.4, -0.2) is 66.7 Å². The lowest BCUT2D eigenvalue weighted by Gasteiger charge is -2.27. The number of carbonyl (C=O) groups excluding carboxylic acids is 1. The molecule has 1 aromatic rings. The Hall–Kier alpha value is -1.68. The largest absolute Gasteiger partial charge is 0.339 e. The molecule has 0 saturated carbocycles. The summed E-state index contributed by atoms with van der Waals surface area (Å²) in [4.78, 5) is 13.7. The summed E-state index contributed by atoms with van der Waals surface area (Å²) in [7, 11) is -3.38. The van der Waals surface area contributed by atoms with Gasteiger partial charge in [-0.15, -0.1) is 5.10 Å². The smallest absolute Gasteiger partial charge is 0.244 e. The maximum absolute atomic E-state index is 11.9. The number of aromatic nitrogens is 3. The Morgan fingerprint density at radius 3 is 2.79 bits per heavy atom. The van der Waals surface area contributed by atoms with Crippen molar-refractivity contribution in [3.63, 3.8) is 0 Å². The first-order valence-electron chi connectivity index (χ1n) is 5.80. The highest BCUT2D eigenvalue weighted by Crippen LogP contribution is 2.03. The minimum absolute atomic E-state index is 0.0540. The highest BCUT2D eigenvalue weighted by molar-refractivity contribution is 7.92. The third kappa shape index (κ3) is 4.17. The number of hydrogen-bond acceptors (Lipinski definition) is 6. The van der Waals surface area contributed by atoms with Crippen LogP contribution in [0.5, 0.6) is 0 Å². The molecule has 0 spiro atoms. The van der Waals surface area contributed by atoms with Gasteiger partial charge in [-0.2, -0.15) is 0 Å². The molecular formula is C9H16N6O3S. The number of piperazine rings is 1. The van der Waals surface area contributed by atoms with Crippen molar-refractivity contribution in [3.05, 3.63) is 6.20 Å². The lowest BCUT2D eigenvalue weighted by molar-refractivity contribution is -0.132. The summed E-state index contributed by atoms with van der Waals surface area (Å²) in [6.07, 6.45) is 2.42. The molecule has 1 amide bonds. The standard InChI is InChI=1S/C9H16N6O3S/c1-19(17,18)12-8-6-15(13-11-8)7-9(16)14-4-2-10-3-5-14/h6,10,12H,2-5,7H2,1H3. The minimum Gasteiger partial charge on any atom is -0.339 e. The van der Waals surface area contributed by atoms with Crippen molar-refractivity contribution in [1.82, 2.24) is 25.2 Å². The third-order valence-corrected chi connectivity index (χ3v) is 3.18. The summed E-state index contributed by atoms with van der Waals surface area (Å²) < 4.78 is 25.5. The van der Waals surface area contributed by atoms with E-state index >= 15 is 0 Å². The summed E-state index contributed by atoms with van der Waals surface area (Å²) in [6.45, 7) is 2.95. The van der Waals surface area contributed by atoms with Crippen LogP contribution in [0.3, 0.4) is 0 Å². The second-order valence-corrected chi connectivity index (χ2v) is 6.05. The molecule has 2 heterocycles. The van der Waals surface area contributed by atoms with Crippen molar-refractivity contribution < 1.29 is 13.2 Å². The molecule has 0 aromatic carbocycles. The van der Waals surface area contributed by atoms with Gasteiger partial charge >= 0.3 is 0 Å². The van der Waals surface area contributed by atoms with E-state index in [0.717, 1.165) is 19.3 Å². The van der Waals surface area contributed by atoms with Crippen molar-refractivity contribution in [2.45, 2.75) is 6.54 Å². The van der Waals surface area contributed by atoms with E-state index in [9.17, 15) is 13.2 Å². The SMILES string of the molecule is CS(=O)(=O)Nc1cn(CC(=O)N2CCNCC2)nn1. The number of rotatable bonds is 4. The summed E-state index contributed by atoms with van der Waals surface area (Å²) in [6, 6.07) is 0. The van der Waals surface area contributed by atoms with Crippen molar-refractivity contribution in [2.75, 3.05) is 37.2 Å². The molecule has 9 nitrogen and oxygen atoms in total. The Labute approximate surface area is 111 Å². The van der Waals surface area contributed by atoms with Crippen LogP contribution < -0.4 is 10.0 Å². The number of anilines is 1. The highest BCUT2D eigenvalue weighted by Gasteiger charge is 2.17. The van der Waals surface area contributed by atoms with Crippen LogP contribution in [0, 0.1) is 0 Å². The molecule has 10 heteroatoms. The van der Waals surface area contributed by atoms with Gasteiger partial charge < -0.3 is 10.2 Å². The molecular weight excluding hydrogens is 272 g/mol. The average molecular weight is 288 g/mol. The van der Waals surface area contributed by atoms with Crippen LogP contribution in [0.1, 0.15) is 0 Å². The second kappa shape index (κ2) is 5.53. The predicted octanol–water partition coefficient (Wildman–Crippen LogP) is -1.92. The number of carbonyl (C=O) groups is 1. The molecule has 0 atom stereocenters. The van der Waals surface area contributed by atoms with Gasteiger partial charge in [0, 0.05) is 26.2 Å². The zero-order valence-corrected chi connectivity index (χ0v) is 11.4. The Bertz CT molecular complexity index is 548. The number of nitrogens with one attached hydrogen (secondary N) is 2. The van der Waals surface area contributed by atoms with E-state index in [2.05, 4.69) is 20.4 Å². The van der Waals surface area contributed by atoms with Gasteiger partial charge in [-0.05, 0) is 0 Å². The Morgan fingerprint density at radius 1 is 1.47 bits per heavy atom. The minimum atomic E-state index is -3.38. The molecule has 0 radical (unpaired) electrons. The summed E-state index contributed by atoms with van der Waals surface area (Å²) in [5.41, 5.74) is 0. The van der Waals surface area contributed by atoms with E-state index in [1.54, 1.807) is 4.90 Å². The fourth-order valence-corrected chi connectivity index (χ4v) is 2.24. The van der Waals surface area contributed by atoms with Crippen molar-refractivity contribution in [2.24, 2.45) is 0 Å². The first-order chi connectivity index (χ1) is 8.94. The van der Waals surface area contributed by atoms with Gasteiger partial charge in [0.15, 0.2) is 5.82 Å². The van der Waals surface area contributed by atoms with Crippen molar-refractivity contribution in [3.8, 4) is 0 Å². The molecule has 1 fully saturated rings. The van der Waals surface area contributed by atoms with E-state index in [4.69, 9.17) is 0 Å². The summed E-state index contributed by atoms with van der Waals surface area (Å²) in [5.74, 6) is 0.0490. The molecule has 106 valence electrons. The lowest BCUT2D eigenvalue weighted by atomic mass is 10.3.